The lowest BCUT2D eigenvalue weighted by atomic mass is 10.3. The first-order chi connectivity index (χ1) is 6.33. The van der Waals surface area contributed by atoms with Crippen molar-refractivity contribution < 1.29 is 4.39 Å². The van der Waals surface area contributed by atoms with Crippen LogP contribution in [-0.2, 0) is 0 Å². The molecular formula is C10H14FNS. The van der Waals surface area contributed by atoms with Crippen LogP contribution in [0.25, 0.3) is 0 Å². The first-order valence-electron chi connectivity index (χ1n) is 4.40. The van der Waals surface area contributed by atoms with Crippen LogP contribution in [0.1, 0.15) is 6.92 Å². The smallest absolute Gasteiger partial charge is 0.125 e. The number of thioether (sulfide) groups is 1. The Labute approximate surface area is 82.7 Å². The van der Waals surface area contributed by atoms with Crippen molar-refractivity contribution in [1.29, 1.82) is 0 Å². The van der Waals surface area contributed by atoms with Crippen LogP contribution < -0.4 is 5.32 Å². The van der Waals surface area contributed by atoms with Gasteiger partial charge in [0.05, 0.1) is 0 Å². The van der Waals surface area contributed by atoms with Crippen LogP contribution in [0, 0.1) is 5.82 Å². The Bertz CT molecular complexity index is 252. The van der Waals surface area contributed by atoms with Gasteiger partial charge >= 0.3 is 0 Å². The van der Waals surface area contributed by atoms with E-state index in [9.17, 15) is 4.39 Å². The fourth-order valence-electron chi connectivity index (χ4n) is 1.01. The number of rotatable bonds is 5. The lowest BCUT2D eigenvalue weighted by molar-refractivity contribution is 0.628. The fraction of sp³-hybridized carbons (Fsp3) is 0.400. The largest absolute Gasteiger partial charge is 0.384 e. The number of halogens is 1. The summed E-state index contributed by atoms with van der Waals surface area (Å²) in [5.41, 5.74) is 0.858. The van der Waals surface area contributed by atoms with Gasteiger partial charge in [-0.3, -0.25) is 0 Å². The van der Waals surface area contributed by atoms with Gasteiger partial charge in [0.1, 0.15) is 5.82 Å². The van der Waals surface area contributed by atoms with Crippen LogP contribution in [0.2, 0.25) is 0 Å². The molecule has 1 N–H and O–H groups in total. The van der Waals surface area contributed by atoms with Crippen LogP contribution in [0.3, 0.4) is 0 Å². The van der Waals surface area contributed by atoms with Gasteiger partial charge in [-0.2, -0.15) is 11.8 Å². The number of benzene rings is 1. The Morgan fingerprint density at radius 2 is 2.31 bits per heavy atom. The Kier molecular flexibility index (Phi) is 4.68. The molecule has 0 unspecified atom stereocenters. The normalized spacial score (nSPS) is 10.0. The summed E-state index contributed by atoms with van der Waals surface area (Å²) in [6, 6.07) is 6.55. The maximum Gasteiger partial charge on any atom is 0.125 e. The first-order valence-corrected chi connectivity index (χ1v) is 5.55. The molecule has 0 spiro atoms. The summed E-state index contributed by atoms with van der Waals surface area (Å²) in [5, 5.41) is 3.16. The minimum Gasteiger partial charge on any atom is -0.384 e. The van der Waals surface area contributed by atoms with E-state index in [-0.39, 0.29) is 5.82 Å². The third-order valence-corrected chi connectivity index (χ3v) is 2.51. The molecule has 0 aliphatic rings. The zero-order valence-corrected chi connectivity index (χ0v) is 8.53. The molecule has 0 aliphatic heterocycles. The molecule has 0 aliphatic carbocycles. The van der Waals surface area contributed by atoms with Crippen molar-refractivity contribution in [2.24, 2.45) is 0 Å². The second-order valence-electron chi connectivity index (χ2n) is 2.63. The summed E-state index contributed by atoms with van der Waals surface area (Å²) in [4.78, 5) is 0. The van der Waals surface area contributed by atoms with E-state index < -0.39 is 0 Å². The number of hydrogen-bond acceptors (Lipinski definition) is 2. The molecular weight excluding hydrogens is 185 g/mol. The van der Waals surface area contributed by atoms with Gasteiger partial charge in [0, 0.05) is 18.0 Å². The van der Waals surface area contributed by atoms with Crippen molar-refractivity contribution in [1.82, 2.24) is 0 Å². The highest BCUT2D eigenvalue weighted by Gasteiger charge is 1.92. The maximum absolute atomic E-state index is 12.7. The van der Waals surface area contributed by atoms with E-state index in [1.165, 1.54) is 12.1 Å². The first kappa shape index (κ1) is 10.4. The fourth-order valence-corrected chi connectivity index (χ4v) is 1.55. The summed E-state index contributed by atoms with van der Waals surface area (Å²) in [7, 11) is 0. The zero-order chi connectivity index (χ0) is 9.52. The van der Waals surface area contributed by atoms with E-state index in [0.29, 0.717) is 0 Å². The average molecular weight is 199 g/mol. The topological polar surface area (TPSA) is 12.0 Å². The van der Waals surface area contributed by atoms with Crippen molar-refractivity contribution in [2.75, 3.05) is 23.4 Å². The highest BCUT2D eigenvalue weighted by Crippen LogP contribution is 2.09. The van der Waals surface area contributed by atoms with Gasteiger partial charge in [0.25, 0.3) is 0 Å². The van der Waals surface area contributed by atoms with Gasteiger partial charge in [-0.15, -0.1) is 0 Å². The van der Waals surface area contributed by atoms with Crippen LogP contribution in [0.15, 0.2) is 24.3 Å². The van der Waals surface area contributed by atoms with Gasteiger partial charge in [-0.25, -0.2) is 4.39 Å². The van der Waals surface area contributed by atoms with E-state index in [1.807, 2.05) is 17.8 Å². The van der Waals surface area contributed by atoms with E-state index in [1.54, 1.807) is 6.07 Å². The van der Waals surface area contributed by atoms with Crippen molar-refractivity contribution >= 4 is 17.4 Å². The quantitative estimate of drug-likeness (QED) is 0.732. The lowest BCUT2D eigenvalue weighted by Gasteiger charge is -2.04. The number of anilines is 1. The van der Waals surface area contributed by atoms with Crippen molar-refractivity contribution in [3.63, 3.8) is 0 Å². The van der Waals surface area contributed by atoms with Gasteiger partial charge in [0.2, 0.25) is 0 Å². The monoisotopic (exact) mass is 199 g/mol. The Hall–Kier alpha value is -0.700. The SMILES string of the molecule is CCSCCNc1cccc(F)c1. The molecule has 0 atom stereocenters. The maximum atomic E-state index is 12.7. The molecule has 3 heteroatoms. The Balaban J connectivity index is 2.28. The van der Waals surface area contributed by atoms with E-state index >= 15 is 0 Å². The summed E-state index contributed by atoms with van der Waals surface area (Å²) in [6.07, 6.45) is 0. The molecule has 0 heterocycles. The lowest BCUT2D eigenvalue weighted by Crippen LogP contribution is -2.04. The standard InChI is InChI=1S/C10H14FNS/c1-2-13-7-6-12-10-5-3-4-9(11)8-10/h3-5,8,12H,2,6-7H2,1H3. The minimum absolute atomic E-state index is 0.187. The molecule has 13 heavy (non-hydrogen) atoms. The molecule has 72 valence electrons. The van der Waals surface area contributed by atoms with Crippen molar-refractivity contribution in [3.05, 3.63) is 30.1 Å². The second-order valence-corrected chi connectivity index (χ2v) is 4.03. The van der Waals surface area contributed by atoms with Crippen LogP contribution in [-0.4, -0.2) is 18.1 Å². The summed E-state index contributed by atoms with van der Waals surface area (Å²) in [6.45, 7) is 3.02. The molecule has 0 radical (unpaired) electrons. The molecule has 1 rings (SSSR count). The second kappa shape index (κ2) is 5.86. The summed E-state index contributed by atoms with van der Waals surface area (Å²) >= 11 is 1.88. The van der Waals surface area contributed by atoms with Gasteiger partial charge in [0.15, 0.2) is 0 Å². The van der Waals surface area contributed by atoms with E-state index in [0.717, 1.165) is 23.7 Å². The molecule has 0 aromatic heterocycles. The highest BCUT2D eigenvalue weighted by atomic mass is 32.2. The third-order valence-electron chi connectivity index (χ3n) is 1.60. The van der Waals surface area contributed by atoms with Crippen molar-refractivity contribution in [3.8, 4) is 0 Å². The summed E-state index contributed by atoms with van der Waals surface area (Å²) < 4.78 is 12.7. The van der Waals surface area contributed by atoms with Crippen molar-refractivity contribution in [2.45, 2.75) is 6.92 Å². The molecule has 0 fully saturated rings. The number of nitrogens with one attached hydrogen (secondary N) is 1. The van der Waals surface area contributed by atoms with Crippen LogP contribution >= 0.6 is 11.8 Å². The predicted octanol–water partition coefficient (Wildman–Crippen LogP) is 2.99. The van der Waals surface area contributed by atoms with E-state index in [4.69, 9.17) is 0 Å². The Morgan fingerprint density at radius 1 is 1.46 bits per heavy atom. The molecule has 0 bridgehead atoms. The summed E-state index contributed by atoms with van der Waals surface area (Å²) in [5.74, 6) is 2.01. The molecule has 0 saturated heterocycles. The molecule has 1 aromatic carbocycles. The van der Waals surface area contributed by atoms with E-state index in [2.05, 4.69) is 12.2 Å². The van der Waals surface area contributed by atoms with Gasteiger partial charge < -0.3 is 5.32 Å². The highest BCUT2D eigenvalue weighted by molar-refractivity contribution is 7.99. The zero-order valence-electron chi connectivity index (χ0n) is 7.72. The average Bonchev–Trinajstić information content (AvgIpc) is 2.13. The van der Waals surface area contributed by atoms with Crippen LogP contribution in [0.5, 0.6) is 0 Å². The molecule has 1 aromatic rings. The third kappa shape index (κ3) is 4.18. The van der Waals surface area contributed by atoms with Gasteiger partial charge in [-0.05, 0) is 24.0 Å². The predicted molar refractivity (Wildman–Crippen MR) is 57.9 cm³/mol. The Morgan fingerprint density at radius 3 is 3.00 bits per heavy atom. The van der Waals surface area contributed by atoms with Gasteiger partial charge in [-0.1, -0.05) is 13.0 Å². The molecule has 0 saturated carbocycles. The molecule has 1 nitrogen and oxygen atoms in total. The minimum atomic E-state index is -0.187. The van der Waals surface area contributed by atoms with Crippen LogP contribution in [0.4, 0.5) is 10.1 Å². The number of hydrogen-bond donors (Lipinski definition) is 1. The molecule has 0 amide bonds.